The van der Waals surface area contributed by atoms with Gasteiger partial charge in [-0.25, -0.2) is 0 Å². The number of hydrogen-bond donors (Lipinski definition) is 3. The molecule has 3 rings (SSSR count). The Morgan fingerprint density at radius 2 is 1.68 bits per heavy atom. The summed E-state index contributed by atoms with van der Waals surface area (Å²) in [6.45, 7) is 1.75. The molecular formula is C23H20IN3O3S. The first-order valence-electron chi connectivity index (χ1n) is 9.37. The predicted molar refractivity (Wildman–Crippen MR) is 133 cm³/mol. The summed E-state index contributed by atoms with van der Waals surface area (Å²) in [5, 5.41) is 2.51. The number of rotatable bonds is 5. The number of hydrazine groups is 1. The Morgan fingerprint density at radius 3 is 2.42 bits per heavy atom. The average molecular weight is 545 g/mol. The number of ether oxygens (including phenoxy) is 1. The minimum absolute atomic E-state index is 0.0152. The molecule has 0 aliphatic carbocycles. The van der Waals surface area contributed by atoms with Gasteiger partial charge in [-0.05, 0) is 71.1 Å². The van der Waals surface area contributed by atoms with Crippen molar-refractivity contribution in [1.82, 2.24) is 16.2 Å². The van der Waals surface area contributed by atoms with Gasteiger partial charge in [0.05, 0.1) is 0 Å². The number of amides is 2. The summed E-state index contributed by atoms with van der Waals surface area (Å²) in [5.74, 6) is -0.212. The molecule has 0 aliphatic rings. The Morgan fingerprint density at radius 1 is 0.968 bits per heavy atom. The van der Waals surface area contributed by atoms with Gasteiger partial charge in [0.2, 0.25) is 0 Å². The lowest BCUT2D eigenvalue weighted by Crippen LogP contribution is -2.49. The minimum atomic E-state index is -0.440. The smallest absolute Gasteiger partial charge is 0.276 e. The molecule has 0 bridgehead atoms. The Hall–Kier alpha value is -2.98. The van der Waals surface area contributed by atoms with Gasteiger partial charge >= 0.3 is 0 Å². The number of benzene rings is 3. The van der Waals surface area contributed by atoms with Gasteiger partial charge in [0.1, 0.15) is 5.75 Å². The van der Waals surface area contributed by atoms with E-state index in [1.54, 1.807) is 18.2 Å². The number of hydrogen-bond acceptors (Lipinski definition) is 4. The lowest BCUT2D eigenvalue weighted by molar-refractivity contribution is -0.123. The third-order valence-corrected chi connectivity index (χ3v) is 5.67. The van der Waals surface area contributed by atoms with Crippen molar-refractivity contribution >= 4 is 51.7 Å². The van der Waals surface area contributed by atoms with Gasteiger partial charge in [0, 0.05) is 14.7 Å². The molecule has 158 valence electrons. The number of carbonyl (C=O) groups is 2. The second-order valence-corrected chi connectivity index (χ2v) is 8.14. The van der Waals surface area contributed by atoms with Crippen LogP contribution in [0.3, 0.4) is 0 Å². The largest absolute Gasteiger partial charge is 0.483 e. The molecule has 0 fully saturated rings. The van der Waals surface area contributed by atoms with E-state index >= 15 is 0 Å². The number of aryl methyl sites for hydroxylation is 1. The zero-order chi connectivity index (χ0) is 22.2. The van der Waals surface area contributed by atoms with Crippen molar-refractivity contribution in [3.63, 3.8) is 0 Å². The summed E-state index contributed by atoms with van der Waals surface area (Å²) in [7, 11) is 0. The average Bonchev–Trinajstić information content (AvgIpc) is 2.78. The van der Waals surface area contributed by atoms with Crippen molar-refractivity contribution in [3.8, 4) is 16.9 Å². The first-order valence-corrected chi connectivity index (χ1v) is 10.9. The highest BCUT2D eigenvalue weighted by molar-refractivity contribution is 14.1. The number of halogens is 1. The van der Waals surface area contributed by atoms with Crippen LogP contribution in [0.1, 0.15) is 15.9 Å². The van der Waals surface area contributed by atoms with Crippen molar-refractivity contribution in [3.05, 3.63) is 87.5 Å². The lowest BCUT2D eigenvalue weighted by Gasteiger charge is -2.13. The molecule has 0 heterocycles. The molecular weight excluding hydrogens is 525 g/mol. The van der Waals surface area contributed by atoms with E-state index in [-0.39, 0.29) is 17.6 Å². The molecule has 0 radical (unpaired) electrons. The van der Waals surface area contributed by atoms with Gasteiger partial charge in [0.15, 0.2) is 11.7 Å². The molecule has 0 atom stereocenters. The molecule has 0 saturated carbocycles. The van der Waals surface area contributed by atoms with Crippen LogP contribution in [-0.4, -0.2) is 23.5 Å². The van der Waals surface area contributed by atoms with Crippen LogP contribution < -0.4 is 20.9 Å². The maximum atomic E-state index is 12.3. The highest BCUT2D eigenvalue weighted by Crippen LogP contribution is 2.29. The summed E-state index contributed by atoms with van der Waals surface area (Å²) < 4.78 is 6.65. The van der Waals surface area contributed by atoms with Crippen LogP contribution in [0.15, 0.2) is 72.8 Å². The van der Waals surface area contributed by atoms with Crippen LogP contribution in [-0.2, 0) is 4.79 Å². The Balaban J connectivity index is 1.49. The fourth-order valence-corrected chi connectivity index (χ4v) is 3.35. The van der Waals surface area contributed by atoms with Crippen molar-refractivity contribution in [1.29, 1.82) is 0 Å². The van der Waals surface area contributed by atoms with Gasteiger partial charge in [-0.15, -0.1) is 0 Å². The van der Waals surface area contributed by atoms with Crippen LogP contribution in [0.25, 0.3) is 11.1 Å². The summed E-state index contributed by atoms with van der Waals surface area (Å²) in [5.41, 5.74) is 8.37. The predicted octanol–water partition coefficient (Wildman–Crippen LogP) is 3.98. The third-order valence-electron chi connectivity index (χ3n) is 4.31. The summed E-state index contributed by atoms with van der Waals surface area (Å²) in [6.07, 6.45) is 0. The molecule has 2 amide bonds. The van der Waals surface area contributed by atoms with Crippen LogP contribution in [0.2, 0.25) is 0 Å². The summed E-state index contributed by atoms with van der Waals surface area (Å²) in [4.78, 5) is 24.4. The van der Waals surface area contributed by atoms with Crippen LogP contribution >= 0.6 is 34.8 Å². The maximum absolute atomic E-state index is 12.3. The van der Waals surface area contributed by atoms with Crippen LogP contribution in [0.5, 0.6) is 5.75 Å². The van der Waals surface area contributed by atoms with E-state index in [9.17, 15) is 9.59 Å². The molecule has 0 saturated heterocycles. The van der Waals surface area contributed by atoms with Gasteiger partial charge in [-0.1, -0.05) is 54.6 Å². The molecule has 3 aromatic rings. The number of nitrogens with one attached hydrogen (secondary N) is 3. The maximum Gasteiger partial charge on any atom is 0.276 e. The fraction of sp³-hybridized carbons (Fsp3) is 0.0870. The number of carbonyl (C=O) groups excluding carboxylic acids is 2. The fourth-order valence-electron chi connectivity index (χ4n) is 2.70. The van der Waals surface area contributed by atoms with E-state index in [4.69, 9.17) is 17.0 Å². The quantitative estimate of drug-likeness (QED) is 0.257. The van der Waals surface area contributed by atoms with Gasteiger partial charge < -0.3 is 4.74 Å². The van der Waals surface area contributed by atoms with Gasteiger partial charge in [0.25, 0.3) is 11.8 Å². The number of para-hydroxylation sites is 1. The Labute approximate surface area is 199 Å². The lowest BCUT2D eigenvalue weighted by atomic mass is 10.1. The number of thiocarbonyl (C=S) groups is 1. The normalized spacial score (nSPS) is 10.1. The highest BCUT2D eigenvalue weighted by atomic mass is 127. The highest BCUT2D eigenvalue weighted by Gasteiger charge is 2.11. The monoisotopic (exact) mass is 545 g/mol. The van der Waals surface area contributed by atoms with Crippen molar-refractivity contribution < 1.29 is 14.3 Å². The third kappa shape index (κ3) is 6.50. The minimum Gasteiger partial charge on any atom is -0.483 e. The zero-order valence-electron chi connectivity index (χ0n) is 16.6. The first-order chi connectivity index (χ1) is 14.9. The van der Waals surface area contributed by atoms with Crippen molar-refractivity contribution in [2.24, 2.45) is 0 Å². The van der Waals surface area contributed by atoms with Gasteiger partial charge in [-0.3, -0.25) is 25.8 Å². The second kappa shape index (κ2) is 10.9. The SMILES string of the molecule is Cc1ccc(C(=O)NC(=S)NNC(=O)COc2ccccc2-c2ccccc2)cc1I. The Kier molecular flexibility index (Phi) is 7.96. The first kappa shape index (κ1) is 22.7. The summed E-state index contributed by atoms with van der Waals surface area (Å²) in [6, 6.07) is 22.6. The second-order valence-electron chi connectivity index (χ2n) is 6.57. The molecule has 3 aromatic carbocycles. The van der Waals surface area contributed by atoms with E-state index in [1.165, 1.54) is 0 Å². The van der Waals surface area contributed by atoms with Crippen molar-refractivity contribution in [2.75, 3.05) is 6.61 Å². The van der Waals surface area contributed by atoms with Crippen molar-refractivity contribution in [2.45, 2.75) is 6.92 Å². The van der Waals surface area contributed by atoms with E-state index in [2.05, 4.69) is 38.8 Å². The molecule has 0 unspecified atom stereocenters. The Bertz CT molecular complexity index is 1110. The molecule has 6 nitrogen and oxygen atoms in total. The van der Waals surface area contributed by atoms with Crippen LogP contribution in [0.4, 0.5) is 0 Å². The van der Waals surface area contributed by atoms with Crippen LogP contribution in [0, 0.1) is 10.5 Å². The molecule has 8 heteroatoms. The molecule has 0 aliphatic heterocycles. The van der Waals surface area contributed by atoms with E-state index < -0.39 is 5.91 Å². The standard InChI is InChI=1S/C23H20IN3O3S/c1-15-11-12-17(13-19(15)24)22(29)25-23(31)27-26-21(28)14-30-20-10-6-5-9-18(20)16-7-3-2-4-8-16/h2-13H,14H2,1H3,(H,26,28)(H2,25,27,29,31). The van der Waals surface area contributed by atoms with E-state index in [0.717, 1.165) is 20.3 Å². The van der Waals surface area contributed by atoms with E-state index in [1.807, 2.05) is 61.5 Å². The molecule has 0 aromatic heterocycles. The van der Waals surface area contributed by atoms with Gasteiger partial charge in [-0.2, -0.15) is 0 Å². The topological polar surface area (TPSA) is 79.5 Å². The summed E-state index contributed by atoms with van der Waals surface area (Å²) >= 11 is 7.23. The molecule has 3 N–H and O–H groups in total. The zero-order valence-corrected chi connectivity index (χ0v) is 19.6. The van der Waals surface area contributed by atoms with E-state index in [0.29, 0.717) is 11.3 Å². The molecule has 0 spiro atoms. The molecule has 31 heavy (non-hydrogen) atoms.